The number of alkyl halides is 3. The smallest absolute Gasteiger partial charge is 0.422 e. The summed E-state index contributed by atoms with van der Waals surface area (Å²) >= 11 is 0. The number of hydrogen-bond donors (Lipinski definition) is 1. The molecule has 15 heteroatoms. The molecule has 1 N–H and O–H groups in total. The van der Waals surface area contributed by atoms with Crippen LogP contribution in [0, 0.1) is 12.3 Å². The summed E-state index contributed by atoms with van der Waals surface area (Å²) in [6, 6.07) is 11.6. The summed E-state index contributed by atoms with van der Waals surface area (Å²) < 4.78 is 60.2. The second-order valence-electron chi connectivity index (χ2n) is 16.8. The fraction of sp³-hybridized carbons (Fsp3) is 0.465. The summed E-state index contributed by atoms with van der Waals surface area (Å²) in [5.74, 6) is 0.524. The van der Waals surface area contributed by atoms with Crippen LogP contribution >= 0.6 is 0 Å². The number of pyridine rings is 1. The molecule has 1 spiro atoms. The number of aromatic nitrogens is 5. The van der Waals surface area contributed by atoms with Crippen LogP contribution in [-0.4, -0.2) is 105 Å². The number of ether oxygens (including phenoxy) is 3. The van der Waals surface area contributed by atoms with Gasteiger partial charge in [0.2, 0.25) is 0 Å². The SMILES string of the molecule is C=Cc1cc2c(N3CCC4(CC3)CN(C(=O)OC(C)(C)C)C4)nc(OC3CCN(Cc4ccccn4)CC3)nc2c(OCC(F)(F)F)c1-c1c(C)ccc2[nH]ncc12. The molecule has 0 aliphatic carbocycles. The van der Waals surface area contributed by atoms with E-state index in [9.17, 15) is 18.0 Å². The van der Waals surface area contributed by atoms with Crippen molar-refractivity contribution in [2.45, 2.75) is 77.8 Å². The van der Waals surface area contributed by atoms with Crippen LogP contribution in [0.5, 0.6) is 11.8 Å². The maximum atomic E-state index is 14.1. The van der Waals surface area contributed by atoms with Crippen molar-refractivity contribution in [1.82, 2.24) is 34.9 Å². The molecular formula is C43H49F3N8O4. The molecule has 0 atom stereocenters. The summed E-state index contributed by atoms with van der Waals surface area (Å²) in [4.78, 5) is 33.4. The first-order valence-corrected chi connectivity index (χ1v) is 19.8. The zero-order valence-electron chi connectivity index (χ0n) is 33.4. The maximum Gasteiger partial charge on any atom is 0.422 e. The van der Waals surface area contributed by atoms with Gasteiger partial charge in [0.25, 0.3) is 0 Å². The van der Waals surface area contributed by atoms with Gasteiger partial charge in [0, 0.05) is 73.8 Å². The number of amides is 1. The highest BCUT2D eigenvalue weighted by Crippen LogP contribution is 2.48. The van der Waals surface area contributed by atoms with E-state index < -0.39 is 18.4 Å². The number of rotatable bonds is 9. The Bertz CT molecular complexity index is 2300. The van der Waals surface area contributed by atoms with Gasteiger partial charge in [-0.05, 0) is 94.3 Å². The molecule has 3 aliphatic rings. The number of carbonyl (C=O) groups is 1. The quantitative estimate of drug-likeness (QED) is 0.156. The number of aromatic amines is 1. The zero-order chi connectivity index (χ0) is 40.8. The van der Waals surface area contributed by atoms with Gasteiger partial charge in [0.15, 0.2) is 12.4 Å². The molecule has 2 aromatic carbocycles. The first kappa shape index (κ1) is 39.4. The second-order valence-corrected chi connectivity index (χ2v) is 16.8. The molecule has 58 heavy (non-hydrogen) atoms. The Morgan fingerprint density at radius 1 is 1.02 bits per heavy atom. The Balaban J connectivity index is 1.17. The number of halogens is 3. The van der Waals surface area contributed by atoms with Crippen LogP contribution in [0.2, 0.25) is 0 Å². The normalized spacial score (nSPS) is 17.8. The Labute approximate surface area is 335 Å². The number of carbonyl (C=O) groups excluding carboxylic acids is 1. The lowest BCUT2D eigenvalue weighted by atomic mass is 9.72. The number of fused-ring (bicyclic) bond motifs is 2. The predicted octanol–water partition coefficient (Wildman–Crippen LogP) is 8.34. The minimum atomic E-state index is -4.62. The van der Waals surface area contributed by atoms with E-state index in [0.717, 1.165) is 54.6 Å². The molecule has 8 rings (SSSR count). The first-order valence-electron chi connectivity index (χ1n) is 19.8. The standard InChI is InChI=1S/C43H49F3N8O4/c1-6-28-21-31-36(37(56-26-43(44,45)46)35(28)34-27(2)10-11-33-32(34)22-48-51-33)49-39(57-30-12-17-52(18-13-30)23-29-9-7-8-16-47-29)50-38(31)53-19-14-42(15-20-53)24-54(25-42)40(55)58-41(3,4)5/h6-11,16,21-22,30H,1,12-15,17-20,23-26H2,2-5H3,(H,48,51). The van der Waals surface area contributed by atoms with Crippen LogP contribution in [0.4, 0.5) is 23.8 Å². The van der Waals surface area contributed by atoms with E-state index in [1.807, 2.05) is 64.1 Å². The summed E-state index contributed by atoms with van der Waals surface area (Å²) in [5.41, 5.74) is 3.80. The lowest BCUT2D eigenvalue weighted by Gasteiger charge is -2.53. The van der Waals surface area contributed by atoms with Crippen molar-refractivity contribution >= 4 is 39.8 Å². The van der Waals surface area contributed by atoms with Crippen LogP contribution in [0.1, 0.15) is 63.3 Å². The van der Waals surface area contributed by atoms with Gasteiger partial charge in [-0.3, -0.25) is 15.0 Å². The number of likely N-dealkylation sites (tertiary alicyclic amines) is 2. The van der Waals surface area contributed by atoms with Crippen LogP contribution in [0.3, 0.4) is 0 Å². The lowest BCUT2D eigenvalue weighted by molar-refractivity contribution is -0.153. The summed E-state index contributed by atoms with van der Waals surface area (Å²) in [5, 5.41) is 8.48. The molecule has 0 radical (unpaired) electrons. The highest BCUT2D eigenvalue weighted by atomic mass is 19.4. The molecule has 5 aromatic rings. The first-order chi connectivity index (χ1) is 27.7. The van der Waals surface area contributed by atoms with E-state index in [1.165, 1.54) is 0 Å². The van der Waals surface area contributed by atoms with Crippen molar-refractivity contribution < 1.29 is 32.2 Å². The Kier molecular flexibility index (Phi) is 10.4. The molecule has 0 bridgehead atoms. The molecule has 0 saturated carbocycles. The Hall–Kier alpha value is -5.44. The fourth-order valence-corrected chi connectivity index (χ4v) is 8.47. The van der Waals surface area contributed by atoms with Gasteiger partial charge >= 0.3 is 18.3 Å². The molecule has 3 aliphatic heterocycles. The van der Waals surface area contributed by atoms with Gasteiger partial charge in [-0.2, -0.15) is 28.2 Å². The summed E-state index contributed by atoms with van der Waals surface area (Å²) in [6.45, 7) is 14.7. The summed E-state index contributed by atoms with van der Waals surface area (Å²) in [6.07, 6.45) is 2.93. The van der Waals surface area contributed by atoms with E-state index in [-0.39, 0.29) is 34.9 Å². The number of aryl methyl sites for hydroxylation is 1. The van der Waals surface area contributed by atoms with Crippen molar-refractivity contribution in [3.8, 4) is 22.9 Å². The highest BCUT2D eigenvalue weighted by molar-refractivity contribution is 6.07. The number of H-pyrrole nitrogens is 1. The largest absolute Gasteiger partial charge is 0.481 e. The third-order valence-electron chi connectivity index (χ3n) is 11.4. The van der Waals surface area contributed by atoms with E-state index in [4.69, 9.17) is 24.2 Å². The number of hydrogen-bond acceptors (Lipinski definition) is 10. The number of nitrogens with zero attached hydrogens (tertiary/aromatic N) is 7. The van der Waals surface area contributed by atoms with Crippen LogP contribution < -0.4 is 14.4 Å². The minimum Gasteiger partial charge on any atom is -0.481 e. The topological polar surface area (TPSA) is 122 Å². The van der Waals surface area contributed by atoms with Crippen LogP contribution in [0.25, 0.3) is 39.0 Å². The fourth-order valence-electron chi connectivity index (χ4n) is 8.47. The molecular weight excluding hydrogens is 750 g/mol. The molecule has 0 unspecified atom stereocenters. The van der Waals surface area contributed by atoms with Crippen molar-refractivity contribution in [2.24, 2.45) is 5.41 Å². The predicted molar refractivity (Wildman–Crippen MR) is 216 cm³/mol. The molecule has 3 aromatic heterocycles. The van der Waals surface area contributed by atoms with Gasteiger partial charge in [0.1, 0.15) is 23.0 Å². The van der Waals surface area contributed by atoms with Gasteiger partial charge in [0.05, 0.1) is 17.4 Å². The molecule has 1 amide bonds. The monoisotopic (exact) mass is 798 g/mol. The number of nitrogens with one attached hydrogen (secondary N) is 1. The molecule has 3 fully saturated rings. The van der Waals surface area contributed by atoms with Crippen molar-refractivity contribution in [2.75, 3.05) is 50.8 Å². The highest BCUT2D eigenvalue weighted by Gasteiger charge is 2.48. The second kappa shape index (κ2) is 15.4. The lowest BCUT2D eigenvalue weighted by Crippen LogP contribution is -2.62. The third-order valence-corrected chi connectivity index (χ3v) is 11.4. The summed E-state index contributed by atoms with van der Waals surface area (Å²) in [7, 11) is 0. The molecule has 6 heterocycles. The number of anilines is 1. The number of piperidine rings is 2. The van der Waals surface area contributed by atoms with E-state index in [2.05, 4.69) is 31.6 Å². The van der Waals surface area contributed by atoms with Gasteiger partial charge in [-0.25, -0.2) is 4.79 Å². The Morgan fingerprint density at radius 2 is 1.78 bits per heavy atom. The van der Waals surface area contributed by atoms with E-state index >= 15 is 0 Å². The van der Waals surface area contributed by atoms with Gasteiger partial charge < -0.3 is 24.0 Å². The van der Waals surface area contributed by atoms with Crippen molar-refractivity contribution in [3.05, 3.63) is 72.2 Å². The maximum absolute atomic E-state index is 14.1. The Morgan fingerprint density at radius 3 is 2.45 bits per heavy atom. The third kappa shape index (κ3) is 8.27. The van der Waals surface area contributed by atoms with Crippen molar-refractivity contribution in [1.29, 1.82) is 0 Å². The molecule has 3 saturated heterocycles. The molecule has 12 nitrogen and oxygen atoms in total. The van der Waals surface area contributed by atoms with Gasteiger partial charge in [-0.15, -0.1) is 0 Å². The number of benzene rings is 2. The van der Waals surface area contributed by atoms with Crippen molar-refractivity contribution in [3.63, 3.8) is 0 Å². The average Bonchev–Trinajstić information content (AvgIpc) is 3.65. The van der Waals surface area contributed by atoms with Crippen LogP contribution in [0.15, 0.2) is 55.4 Å². The minimum absolute atomic E-state index is 0.0271. The zero-order valence-corrected chi connectivity index (χ0v) is 33.4. The van der Waals surface area contributed by atoms with Crippen LogP contribution in [-0.2, 0) is 11.3 Å². The van der Waals surface area contributed by atoms with Gasteiger partial charge in [-0.1, -0.05) is 24.8 Å². The average molecular weight is 799 g/mol. The van der Waals surface area contributed by atoms with E-state index in [1.54, 1.807) is 23.4 Å². The molecule has 306 valence electrons. The van der Waals surface area contributed by atoms with E-state index in [0.29, 0.717) is 66.9 Å².